The maximum Gasteiger partial charge on any atom is 0.153 e. The van der Waals surface area contributed by atoms with Gasteiger partial charge >= 0.3 is 0 Å². The quantitative estimate of drug-likeness (QED) is 0.213. The molecular formula is C41H28N2O. The number of para-hydroxylation sites is 1. The van der Waals surface area contributed by atoms with Crippen LogP contribution in [-0.4, -0.2) is 9.55 Å². The number of ether oxygens (including phenoxy) is 1. The van der Waals surface area contributed by atoms with Crippen LogP contribution in [0.5, 0.6) is 11.5 Å². The van der Waals surface area contributed by atoms with E-state index in [1.54, 1.807) is 0 Å². The molecule has 0 unspecified atom stereocenters. The zero-order valence-corrected chi connectivity index (χ0v) is 24.3. The molecule has 44 heavy (non-hydrogen) atoms. The van der Waals surface area contributed by atoms with Crippen molar-refractivity contribution in [3.63, 3.8) is 0 Å². The summed E-state index contributed by atoms with van der Waals surface area (Å²) in [6, 6.07) is 50.2. The Balaban J connectivity index is 1.23. The first-order valence-corrected chi connectivity index (χ1v) is 15.2. The molecule has 9 rings (SSSR count). The zero-order chi connectivity index (χ0) is 29.2. The molecule has 1 aliphatic heterocycles. The Hall–Kier alpha value is -5.67. The van der Waals surface area contributed by atoms with Gasteiger partial charge in [-0.05, 0) is 110 Å². The van der Waals surface area contributed by atoms with Gasteiger partial charge in [0.1, 0.15) is 11.3 Å². The first-order chi connectivity index (χ1) is 21.7. The predicted molar refractivity (Wildman–Crippen MR) is 182 cm³/mol. The molecule has 0 saturated heterocycles. The van der Waals surface area contributed by atoms with Crippen molar-refractivity contribution in [3.8, 4) is 50.6 Å². The largest absolute Gasteiger partial charge is 0.453 e. The lowest BCUT2D eigenvalue weighted by molar-refractivity contribution is 0.474. The van der Waals surface area contributed by atoms with E-state index in [9.17, 15) is 0 Å². The second-order valence-electron chi connectivity index (χ2n) is 11.5. The molecule has 0 saturated carbocycles. The lowest BCUT2D eigenvalue weighted by Gasteiger charge is -2.22. The first-order valence-electron chi connectivity index (χ1n) is 15.2. The van der Waals surface area contributed by atoms with Crippen LogP contribution in [0, 0.1) is 0 Å². The van der Waals surface area contributed by atoms with Crippen molar-refractivity contribution in [2.45, 2.75) is 13.3 Å². The molecule has 2 heterocycles. The van der Waals surface area contributed by atoms with Crippen LogP contribution in [-0.2, 0) is 6.42 Å². The average Bonchev–Trinajstić information content (AvgIpc) is 3.47. The van der Waals surface area contributed by atoms with Gasteiger partial charge in [0, 0.05) is 6.42 Å². The van der Waals surface area contributed by atoms with Crippen LogP contribution in [0.2, 0.25) is 0 Å². The van der Waals surface area contributed by atoms with E-state index < -0.39 is 0 Å². The standard InChI is InChI=1S/C41H28N2O/c1-2-40-42-36-12-7-13-38-41(36)43(40)37-19-18-32(25-39(37)44-38)35-23-33(30-16-14-26-8-3-5-10-28(26)20-30)22-34(24-35)31-17-15-27-9-4-6-11-29(27)21-31/h3-25H,2H2,1H3. The molecule has 0 bridgehead atoms. The fourth-order valence-corrected chi connectivity index (χ4v) is 6.67. The highest BCUT2D eigenvalue weighted by Gasteiger charge is 2.24. The van der Waals surface area contributed by atoms with Gasteiger partial charge in [0.15, 0.2) is 11.5 Å². The molecular weight excluding hydrogens is 536 g/mol. The molecule has 7 aromatic carbocycles. The number of imidazole rings is 1. The van der Waals surface area contributed by atoms with Gasteiger partial charge < -0.3 is 4.74 Å². The first kappa shape index (κ1) is 24.9. The van der Waals surface area contributed by atoms with E-state index in [2.05, 4.69) is 139 Å². The molecule has 1 aliphatic rings. The van der Waals surface area contributed by atoms with Crippen molar-refractivity contribution in [3.05, 3.63) is 145 Å². The number of hydrogen-bond donors (Lipinski definition) is 0. The van der Waals surface area contributed by atoms with Gasteiger partial charge in [0.2, 0.25) is 0 Å². The van der Waals surface area contributed by atoms with E-state index in [1.165, 1.54) is 43.8 Å². The van der Waals surface area contributed by atoms with Crippen LogP contribution in [0.25, 0.3) is 71.6 Å². The summed E-state index contributed by atoms with van der Waals surface area (Å²) in [7, 11) is 0. The minimum absolute atomic E-state index is 0.845. The van der Waals surface area contributed by atoms with E-state index in [-0.39, 0.29) is 0 Å². The maximum absolute atomic E-state index is 6.53. The average molecular weight is 565 g/mol. The smallest absolute Gasteiger partial charge is 0.153 e. The van der Waals surface area contributed by atoms with Gasteiger partial charge in [-0.2, -0.15) is 0 Å². The lowest BCUT2D eigenvalue weighted by Crippen LogP contribution is -2.07. The van der Waals surface area contributed by atoms with Crippen LogP contribution >= 0.6 is 0 Å². The lowest BCUT2D eigenvalue weighted by atomic mass is 9.91. The van der Waals surface area contributed by atoms with Crippen molar-refractivity contribution in [2.75, 3.05) is 0 Å². The summed E-state index contributed by atoms with van der Waals surface area (Å²) in [5.74, 6) is 2.74. The number of benzene rings is 7. The molecule has 0 fully saturated rings. The number of fused-ring (bicyclic) bond motifs is 4. The normalized spacial score (nSPS) is 12.0. The summed E-state index contributed by atoms with van der Waals surface area (Å²) < 4.78 is 8.80. The Morgan fingerprint density at radius 1 is 0.500 bits per heavy atom. The zero-order valence-electron chi connectivity index (χ0n) is 24.3. The number of nitrogens with zero attached hydrogens (tertiary/aromatic N) is 2. The molecule has 208 valence electrons. The minimum atomic E-state index is 0.845. The van der Waals surface area contributed by atoms with Crippen LogP contribution in [0.1, 0.15) is 12.7 Å². The second kappa shape index (κ2) is 9.68. The SMILES string of the molecule is CCc1nc2cccc3c2n1-c1ccc(-c2cc(-c4ccc5ccccc5c4)cc(-c4ccc5ccccc5c4)c2)cc1O3. The third-order valence-electron chi connectivity index (χ3n) is 8.88. The van der Waals surface area contributed by atoms with Crippen LogP contribution in [0.3, 0.4) is 0 Å². The van der Waals surface area contributed by atoms with Crippen LogP contribution < -0.4 is 4.74 Å². The van der Waals surface area contributed by atoms with Crippen molar-refractivity contribution in [1.29, 1.82) is 0 Å². The minimum Gasteiger partial charge on any atom is -0.453 e. The second-order valence-corrected chi connectivity index (χ2v) is 11.5. The molecule has 3 heteroatoms. The summed E-state index contributed by atoms with van der Waals surface area (Å²) in [5.41, 5.74) is 10.1. The maximum atomic E-state index is 6.53. The Morgan fingerprint density at radius 3 is 1.68 bits per heavy atom. The molecule has 3 nitrogen and oxygen atoms in total. The summed E-state index contributed by atoms with van der Waals surface area (Å²) in [6.45, 7) is 2.15. The van der Waals surface area contributed by atoms with E-state index in [1.807, 2.05) is 12.1 Å². The monoisotopic (exact) mass is 564 g/mol. The van der Waals surface area contributed by atoms with Gasteiger partial charge in [0.05, 0.1) is 11.2 Å². The number of aryl methyl sites for hydroxylation is 1. The van der Waals surface area contributed by atoms with Crippen molar-refractivity contribution < 1.29 is 4.74 Å². The van der Waals surface area contributed by atoms with Crippen LogP contribution in [0.4, 0.5) is 0 Å². The highest BCUT2D eigenvalue weighted by atomic mass is 16.5. The van der Waals surface area contributed by atoms with E-state index in [0.29, 0.717) is 0 Å². The van der Waals surface area contributed by atoms with Gasteiger partial charge in [0.25, 0.3) is 0 Å². The van der Waals surface area contributed by atoms with Crippen molar-refractivity contribution in [1.82, 2.24) is 9.55 Å². The third kappa shape index (κ3) is 3.94. The molecule has 0 atom stereocenters. The molecule has 0 aliphatic carbocycles. The fraction of sp³-hybridized carbons (Fsp3) is 0.0488. The number of aromatic nitrogens is 2. The third-order valence-corrected chi connectivity index (χ3v) is 8.88. The van der Waals surface area contributed by atoms with Crippen molar-refractivity contribution in [2.24, 2.45) is 0 Å². The summed E-state index contributed by atoms with van der Waals surface area (Å²) in [4.78, 5) is 4.90. The summed E-state index contributed by atoms with van der Waals surface area (Å²) in [6.07, 6.45) is 0.845. The molecule has 0 amide bonds. The Kier molecular flexibility index (Phi) is 5.48. The van der Waals surface area contributed by atoms with E-state index in [0.717, 1.165) is 51.6 Å². The molecule has 0 radical (unpaired) electrons. The molecule has 8 aromatic rings. The predicted octanol–water partition coefficient (Wildman–Crippen LogP) is 11.0. The molecule has 1 aromatic heterocycles. The van der Waals surface area contributed by atoms with E-state index in [4.69, 9.17) is 9.72 Å². The Bertz CT molecular complexity index is 2320. The Labute approximate surface area is 255 Å². The summed E-state index contributed by atoms with van der Waals surface area (Å²) >= 11 is 0. The topological polar surface area (TPSA) is 27.1 Å². The van der Waals surface area contributed by atoms with E-state index >= 15 is 0 Å². The fourth-order valence-electron chi connectivity index (χ4n) is 6.67. The number of rotatable bonds is 4. The van der Waals surface area contributed by atoms with Gasteiger partial charge in [-0.15, -0.1) is 0 Å². The van der Waals surface area contributed by atoms with Crippen LogP contribution in [0.15, 0.2) is 140 Å². The molecule has 0 N–H and O–H groups in total. The van der Waals surface area contributed by atoms with Gasteiger partial charge in [-0.25, -0.2) is 4.98 Å². The highest BCUT2D eigenvalue weighted by Crippen LogP contribution is 2.44. The number of hydrogen-bond acceptors (Lipinski definition) is 2. The van der Waals surface area contributed by atoms with Gasteiger partial charge in [-0.3, -0.25) is 4.57 Å². The highest BCUT2D eigenvalue weighted by molar-refractivity contribution is 5.92. The summed E-state index contributed by atoms with van der Waals surface area (Å²) in [5, 5.41) is 4.97. The Morgan fingerprint density at radius 2 is 1.07 bits per heavy atom. The van der Waals surface area contributed by atoms with Crippen molar-refractivity contribution >= 4 is 32.6 Å². The molecule has 0 spiro atoms. The van der Waals surface area contributed by atoms with Gasteiger partial charge in [-0.1, -0.05) is 91.9 Å².